The predicted octanol–water partition coefficient (Wildman–Crippen LogP) is 1.18. The minimum Gasteiger partial charge on any atom is -0.454 e. The van der Waals surface area contributed by atoms with Crippen molar-refractivity contribution in [1.82, 2.24) is 0 Å². The maximum Gasteiger partial charge on any atom is 0.231 e. The smallest absolute Gasteiger partial charge is 0.231 e. The van der Waals surface area contributed by atoms with Crippen molar-refractivity contribution >= 4 is 0 Å². The Balaban J connectivity index is 2.51. The minimum atomic E-state index is 0.324. The SMILES string of the molecule is Cc1cc(CN)cc2c1OCO2. The average molecular weight is 165 g/mol. The Bertz CT molecular complexity index is 310. The van der Waals surface area contributed by atoms with E-state index in [1.807, 2.05) is 19.1 Å². The molecular weight excluding hydrogens is 154 g/mol. The molecule has 3 heteroatoms. The van der Waals surface area contributed by atoms with Gasteiger partial charge in [0.15, 0.2) is 11.5 Å². The first-order valence-electron chi connectivity index (χ1n) is 3.90. The second kappa shape index (κ2) is 2.68. The molecule has 1 aliphatic rings. The Kier molecular flexibility index (Phi) is 1.66. The molecule has 64 valence electrons. The fourth-order valence-corrected chi connectivity index (χ4v) is 1.38. The van der Waals surface area contributed by atoms with Gasteiger partial charge in [-0.25, -0.2) is 0 Å². The zero-order chi connectivity index (χ0) is 8.55. The Hall–Kier alpha value is -1.22. The molecule has 0 aliphatic carbocycles. The first-order valence-corrected chi connectivity index (χ1v) is 3.90. The van der Waals surface area contributed by atoms with Crippen LogP contribution in [0, 0.1) is 6.92 Å². The molecule has 0 radical (unpaired) electrons. The topological polar surface area (TPSA) is 44.5 Å². The van der Waals surface area contributed by atoms with E-state index in [1.54, 1.807) is 0 Å². The number of hydrogen-bond donors (Lipinski definition) is 1. The van der Waals surface area contributed by atoms with Crippen LogP contribution in [0.3, 0.4) is 0 Å². The molecule has 0 aromatic heterocycles. The van der Waals surface area contributed by atoms with Crippen LogP contribution in [-0.2, 0) is 6.54 Å². The third-order valence-corrected chi connectivity index (χ3v) is 1.95. The van der Waals surface area contributed by atoms with Gasteiger partial charge < -0.3 is 15.2 Å². The first kappa shape index (κ1) is 7.43. The molecule has 0 atom stereocenters. The lowest BCUT2D eigenvalue weighted by atomic mass is 10.1. The number of benzene rings is 1. The van der Waals surface area contributed by atoms with Gasteiger partial charge in [-0.15, -0.1) is 0 Å². The summed E-state index contributed by atoms with van der Waals surface area (Å²) in [6, 6.07) is 3.95. The van der Waals surface area contributed by atoms with Crippen molar-refractivity contribution in [3.8, 4) is 11.5 Å². The average Bonchev–Trinajstić information content (AvgIpc) is 2.52. The fraction of sp³-hybridized carbons (Fsp3) is 0.333. The van der Waals surface area contributed by atoms with Crippen LogP contribution in [0.25, 0.3) is 0 Å². The molecule has 0 fully saturated rings. The first-order chi connectivity index (χ1) is 5.81. The van der Waals surface area contributed by atoms with Gasteiger partial charge >= 0.3 is 0 Å². The van der Waals surface area contributed by atoms with Gasteiger partial charge in [-0.1, -0.05) is 6.07 Å². The van der Waals surface area contributed by atoms with Crippen molar-refractivity contribution < 1.29 is 9.47 Å². The van der Waals surface area contributed by atoms with E-state index in [1.165, 1.54) is 0 Å². The largest absolute Gasteiger partial charge is 0.454 e. The molecule has 1 aliphatic heterocycles. The Morgan fingerprint density at radius 3 is 3.00 bits per heavy atom. The summed E-state index contributed by atoms with van der Waals surface area (Å²) in [5, 5.41) is 0. The molecule has 0 saturated heterocycles. The molecular formula is C9H11NO2. The maximum absolute atomic E-state index is 5.52. The molecule has 0 saturated carbocycles. The van der Waals surface area contributed by atoms with Gasteiger partial charge in [-0.2, -0.15) is 0 Å². The Morgan fingerprint density at radius 1 is 1.42 bits per heavy atom. The lowest BCUT2D eigenvalue weighted by Crippen LogP contribution is -1.96. The standard InChI is InChI=1S/C9H11NO2/c1-6-2-7(4-10)3-8-9(6)12-5-11-8/h2-3H,4-5,10H2,1H3. The van der Waals surface area contributed by atoms with Crippen molar-refractivity contribution in [1.29, 1.82) is 0 Å². The van der Waals surface area contributed by atoms with Crippen LogP contribution in [-0.4, -0.2) is 6.79 Å². The highest BCUT2D eigenvalue weighted by Gasteiger charge is 2.16. The van der Waals surface area contributed by atoms with Gasteiger partial charge in [-0.05, 0) is 24.1 Å². The molecule has 3 nitrogen and oxygen atoms in total. The molecule has 0 amide bonds. The summed E-state index contributed by atoms with van der Waals surface area (Å²) < 4.78 is 10.5. The van der Waals surface area contributed by atoms with Gasteiger partial charge in [0.2, 0.25) is 6.79 Å². The van der Waals surface area contributed by atoms with E-state index in [4.69, 9.17) is 15.2 Å². The van der Waals surface area contributed by atoms with Crippen LogP contribution < -0.4 is 15.2 Å². The molecule has 0 bridgehead atoms. The van der Waals surface area contributed by atoms with Crippen LogP contribution in [0.2, 0.25) is 0 Å². The van der Waals surface area contributed by atoms with Crippen LogP contribution in [0.15, 0.2) is 12.1 Å². The second-order valence-corrected chi connectivity index (χ2v) is 2.85. The van der Waals surface area contributed by atoms with E-state index in [9.17, 15) is 0 Å². The van der Waals surface area contributed by atoms with Crippen LogP contribution >= 0.6 is 0 Å². The molecule has 2 N–H and O–H groups in total. The van der Waals surface area contributed by atoms with Crippen molar-refractivity contribution in [3.63, 3.8) is 0 Å². The summed E-state index contributed by atoms with van der Waals surface area (Å²) in [5.41, 5.74) is 7.69. The van der Waals surface area contributed by atoms with E-state index in [0.717, 1.165) is 22.6 Å². The summed E-state index contributed by atoms with van der Waals surface area (Å²) in [7, 11) is 0. The van der Waals surface area contributed by atoms with Crippen molar-refractivity contribution in [2.24, 2.45) is 5.73 Å². The third kappa shape index (κ3) is 1.02. The number of rotatable bonds is 1. The number of hydrogen-bond acceptors (Lipinski definition) is 3. The summed E-state index contributed by atoms with van der Waals surface area (Å²) >= 11 is 0. The predicted molar refractivity (Wildman–Crippen MR) is 45.2 cm³/mol. The van der Waals surface area contributed by atoms with Gasteiger partial charge in [0.1, 0.15) is 0 Å². The highest BCUT2D eigenvalue weighted by atomic mass is 16.7. The Labute approximate surface area is 71.1 Å². The molecule has 0 unspecified atom stereocenters. The summed E-state index contributed by atoms with van der Waals surface area (Å²) in [5.74, 6) is 1.67. The van der Waals surface area contributed by atoms with E-state index < -0.39 is 0 Å². The lowest BCUT2D eigenvalue weighted by Gasteiger charge is -2.03. The maximum atomic E-state index is 5.52. The van der Waals surface area contributed by atoms with Crippen LogP contribution in [0.4, 0.5) is 0 Å². The highest BCUT2D eigenvalue weighted by Crippen LogP contribution is 2.36. The molecule has 1 aromatic carbocycles. The number of nitrogens with two attached hydrogens (primary N) is 1. The van der Waals surface area contributed by atoms with E-state index >= 15 is 0 Å². The number of ether oxygens (including phenoxy) is 2. The third-order valence-electron chi connectivity index (χ3n) is 1.95. The zero-order valence-electron chi connectivity index (χ0n) is 6.96. The second-order valence-electron chi connectivity index (χ2n) is 2.85. The minimum absolute atomic E-state index is 0.324. The zero-order valence-corrected chi connectivity index (χ0v) is 6.96. The number of aryl methyl sites for hydroxylation is 1. The molecule has 1 heterocycles. The molecule has 2 rings (SSSR count). The molecule has 1 aromatic rings. The normalized spacial score (nSPS) is 13.5. The number of fused-ring (bicyclic) bond motifs is 1. The lowest BCUT2D eigenvalue weighted by molar-refractivity contribution is 0.173. The highest BCUT2D eigenvalue weighted by molar-refractivity contribution is 5.50. The molecule has 0 spiro atoms. The molecule has 12 heavy (non-hydrogen) atoms. The van der Waals surface area contributed by atoms with Crippen molar-refractivity contribution in [3.05, 3.63) is 23.3 Å². The quantitative estimate of drug-likeness (QED) is 0.679. The van der Waals surface area contributed by atoms with E-state index in [2.05, 4.69) is 0 Å². The van der Waals surface area contributed by atoms with Gasteiger partial charge in [0.25, 0.3) is 0 Å². The van der Waals surface area contributed by atoms with Crippen LogP contribution in [0.1, 0.15) is 11.1 Å². The van der Waals surface area contributed by atoms with Crippen molar-refractivity contribution in [2.45, 2.75) is 13.5 Å². The monoisotopic (exact) mass is 165 g/mol. The van der Waals surface area contributed by atoms with Crippen LogP contribution in [0.5, 0.6) is 11.5 Å². The van der Waals surface area contributed by atoms with Gasteiger partial charge in [0.05, 0.1) is 0 Å². The summed E-state index contributed by atoms with van der Waals surface area (Å²) in [4.78, 5) is 0. The van der Waals surface area contributed by atoms with Gasteiger partial charge in [-0.3, -0.25) is 0 Å². The summed E-state index contributed by atoms with van der Waals surface area (Å²) in [6.45, 7) is 2.86. The fourth-order valence-electron chi connectivity index (χ4n) is 1.38. The van der Waals surface area contributed by atoms with E-state index in [0.29, 0.717) is 13.3 Å². The van der Waals surface area contributed by atoms with Gasteiger partial charge in [0, 0.05) is 6.54 Å². The van der Waals surface area contributed by atoms with E-state index in [-0.39, 0.29) is 0 Å². The summed E-state index contributed by atoms with van der Waals surface area (Å²) in [6.07, 6.45) is 0. The van der Waals surface area contributed by atoms with Crippen molar-refractivity contribution in [2.75, 3.05) is 6.79 Å². The Morgan fingerprint density at radius 2 is 2.25 bits per heavy atom.